The monoisotopic (exact) mass is 324 g/mol. The number of halogens is 1. The lowest BCUT2D eigenvalue weighted by Crippen LogP contribution is -2.48. The van der Waals surface area contributed by atoms with Gasteiger partial charge in [0.25, 0.3) is 0 Å². The van der Waals surface area contributed by atoms with Crippen LogP contribution < -0.4 is 5.32 Å². The molecule has 0 bridgehead atoms. The van der Waals surface area contributed by atoms with E-state index < -0.39 is 6.04 Å². The molecule has 0 heterocycles. The molecule has 122 valence electrons. The maximum Gasteiger partial charge on any atom is 0.242 e. The van der Waals surface area contributed by atoms with Crippen LogP contribution in [-0.2, 0) is 16.1 Å². The third-order valence-corrected chi connectivity index (χ3v) is 3.67. The first-order chi connectivity index (χ1) is 10.3. The second-order valence-electron chi connectivity index (χ2n) is 5.82. The van der Waals surface area contributed by atoms with Crippen LogP contribution in [0.5, 0.6) is 0 Å². The molecular formula is C17H25ClN2O2. The van der Waals surface area contributed by atoms with Gasteiger partial charge in [-0.1, -0.05) is 44.5 Å². The number of carbonyl (C=O) groups is 2. The third-order valence-electron chi connectivity index (χ3n) is 3.42. The van der Waals surface area contributed by atoms with Gasteiger partial charge in [0.15, 0.2) is 0 Å². The van der Waals surface area contributed by atoms with Crippen molar-refractivity contribution >= 4 is 23.4 Å². The number of rotatable bonds is 7. The van der Waals surface area contributed by atoms with Gasteiger partial charge in [-0.25, -0.2) is 0 Å². The van der Waals surface area contributed by atoms with Gasteiger partial charge < -0.3 is 10.2 Å². The highest BCUT2D eigenvalue weighted by Crippen LogP contribution is 2.14. The van der Waals surface area contributed by atoms with Gasteiger partial charge in [-0.05, 0) is 30.5 Å². The fourth-order valence-corrected chi connectivity index (χ4v) is 2.15. The van der Waals surface area contributed by atoms with Crippen molar-refractivity contribution in [2.75, 3.05) is 6.54 Å². The van der Waals surface area contributed by atoms with Gasteiger partial charge in [0, 0.05) is 24.5 Å². The molecule has 0 saturated carbocycles. The number of amides is 2. The quantitative estimate of drug-likeness (QED) is 0.837. The van der Waals surface area contributed by atoms with Crippen LogP contribution in [0.15, 0.2) is 24.3 Å². The molecule has 1 unspecified atom stereocenters. The SMILES string of the molecule is CCC(=O)N(Cc1ccc(Cl)cc1)C(C)C(=O)NCC(C)C. The first kappa shape index (κ1) is 18.5. The molecule has 1 atom stereocenters. The summed E-state index contributed by atoms with van der Waals surface area (Å²) in [5.74, 6) is 0.217. The minimum Gasteiger partial charge on any atom is -0.354 e. The number of benzene rings is 1. The Bertz CT molecular complexity index is 500. The molecule has 2 amide bonds. The molecule has 0 aliphatic carbocycles. The van der Waals surface area contributed by atoms with Gasteiger partial charge in [0.2, 0.25) is 11.8 Å². The molecule has 0 aliphatic heterocycles. The van der Waals surface area contributed by atoms with E-state index in [1.165, 1.54) is 0 Å². The van der Waals surface area contributed by atoms with Crippen LogP contribution in [-0.4, -0.2) is 29.3 Å². The van der Waals surface area contributed by atoms with Crippen molar-refractivity contribution in [3.8, 4) is 0 Å². The van der Waals surface area contributed by atoms with Crippen LogP contribution in [0.1, 0.15) is 39.7 Å². The van der Waals surface area contributed by atoms with Crippen molar-refractivity contribution in [2.45, 2.75) is 46.7 Å². The van der Waals surface area contributed by atoms with Gasteiger partial charge in [0.1, 0.15) is 6.04 Å². The van der Waals surface area contributed by atoms with Crippen molar-refractivity contribution < 1.29 is 9.59 Å². The van der Waals surface area contributed by atoms with Gasteiger partial charge in [-0.15, -0.1) is 0 Å². The Morgan fingerprint density at radius 1 is 1.18 bits per heavy atom. The van der Waals surface area contributed by atoms with Gasteiger partial charge >= 0.3 is 0 Å². The molecule has 0 radical (unpaired) electrons. The van der Waals surface area contributed by atoms with Crippen LogP contribution >= 0.6 is 11.6 Å². The van der Waals surface area contributed by atoms with Gasteiger partial charge in [-0.2, -0.15) is 0 Å². The van der Waals surface area contributed by atoms with Crippen molar-refractivity contribution in [2.24, 2.45) is 5.92 Å². The van der Waals surface area contributed by atoms with E-state index in [9.17, 15) is 9.59 Å². The van der Waals surface area contributed by atoms with Gasteiger partial charge in [-0.3, -0.25) is 9.59 Å². The topological polar surface area (TPSA) is 49.4 Å². The zero-order chi connectivity index (χ0) is 16.7. The lowest BCUT2D eigenvalue weighted by Gasteiger charge is -2.28. The van der Waals surface area contributed by atoms with Crippen molar-refractivity contribution in [3.05, 3.63) is 34.9 Å². The highest BCUT2D eigenvalue weighted by molar-refractivity contribution is 6.30. The van der Waals surface area contributed by atoms with Crippen LogP contribution in [0, 0.1) is 5.92 Å². The molecule has 1 rings (SSSR count). The second kappa shape index (κ2) is 8.79. The number of carbonyl (C=O) groups excluding carboxylic acids is 2. The minimum absolute atomic E-state index is 0.0397. The Kier molecular flexibility index (Phi) is 7.39. The molecule has 0 saturated heterocycles. The average Bonchev–Trinajstić information content (AvgIpc) is 2.50. The maximum absolute atomic E-state index is 12.2. The van der Waals surface area contributed by atoms with Crippen molar-refractivity contribution in [1.82, 2.24) is 10.2 Å². The molecule has 22 heavy (non-hydrogen) atoms. The fraction of sp³-hybridized carbons (Fsp3) is 0.529. The zero-order valence-electron chi connectivity index (χ0n) is 13.7. The van der Waals surface area contributed by atoms with E-state index in [0.29, 0.717) is 30.5 Å². The van der Waals surface area contributed by atoms with E-state index >= 15 is 0 Å². The largest absolute Gasteiger partial charge is 0.354 e. The van der Waals surface area contributed by atoms with Gasteiger partial charge in [0.05, 0.1) is 0 Å². The Morgan fingerprint density at radius 2 is 1.77 bits per heavy atom. The number of nitrogens with zero attached hydrogens (tertiary/aromatic N) is 1. The molecule has 0 spiro atoms. The summed E-state index contributed by atoms with van der Waals surface area (Å²) in [6.45, 7) is 8.65. The van der Waals surface area contributed by atoms with E-state index in [0.717, 1.165) is 5.56 Å². The van der Waals surface area contributed by atoms with E-state index in [1.54, 1.807) is 30.9 Å². The Labute approximate surface area is 137 Å². The molecule has 0 aliphatic rings. The molecule has 0 aromatic heterocycles. The molecule has 5 heteroatoms. The summed E-state index contributed by atoms with van der Waals surface area (Å²) in [7, 11) is 0. The maximum atomic E-state index is 12.2. The first-order valence-corrected chi connectivity index (χ1v) is 8.04. The summed E-state index contributed by atoms with van der Waals surface area (Å²) in [6, 6.07) is 6.82. The molecule has 1 aromatic carbocycles. The number of hydrogen-bond donors (Lipinski definition) is 1. The summed E-state index contributed by atoms with van der Waals surface area (Å²) < 4.78 is 0. The Morgan fingerprint density at radius 3 is 2.27 bits per heavy atom. The molecule has 0 fully saturated rings. The Balaban J connectivity index is 2.81. The predicted octanol–water partition coefficient (Wildman–Crippen LogP) is 3.24. The molecule has 1 aromatic rings. The van der Waals surface area contributed by atoms with E-state index in [1.807, 2.05) is 26.0 Å². The standard InChI is InChI=1S/C17H25ClN2O2/c1-5-16(21)20(11-14-6-8-15(18)9-7-14)13(4)17(22)19-10-12(2)3/h6-9,12-13H,5,10-11H2,1-4H3,(H,19,22). The lowest BCUT2D eigenvalue weighted by atomic mass is 10.1. The third kappa shape index (κ3) is 5.68. The molecule has 1 N–H and O–H groups in total. The first-order valence-electron chi connectivity index (χ1n) is 7.66. The fourth-order valence-electron chi connectivity index (χ4n) is 2.02. The van der Waals surface area contributed by atoms with E-state index in [2.05, 4.69) is 5.32 Å². The van der Waals surface area contributed by atoms with Crippen LogP contribution in [0.3, 0.4) is 0 Å². The van der Waals surface area contributed by atoms with E-state index in [-0.39, 0.29) is 11.8 Å². The van der Waals surface area contributed by atoms with Crippen LogP contribution in [0.4, 0.5) is 0 Å². The van der Waals surface area contributed by atoms with Crippen LogP contribution in [0.25, 0.3) is 0 Å². The Hall–Kier alpha value is -1.55. The smallest absolute Gasteiger partial charge is 0.242 e. The lowest BCUT2D eigenvalue weighted by molar-refractivity contribution is -0.140. The summed E-state index contributed by atoms with van der Waals surface area (Å²) in [5.41, 5.74) is 0.953. The van der Waals surface area contributed by atoms with Crippen LogP contribution in [0.2, 0.25) is 5.02 Å². The summed E-state index contributed by atoms with van der Waals surface area (Å²) >= 11 is 5.88. The molecular weight excluding hydrogens is 300 g/mol. The zero-order valence-corrected chi connectivity index (χ0v) is 14.5. The molecule has 4 nitrogen and oxygen atoms in total. The predicted molar refractivity (Wildman–Crippen MR) is 89.6 cm³/mol. The summed E-state index contributed by atoms with van der Waals surface area (Å²) in [4.78, 5) is 26.0. The minimum atomic E-state index is -0.498. The highest BCUT2D eigenvalue weighted by atomic mass is 35.5. The van der Waals surface area contributed by atoms with Crippen molar-refractivity contribution in [3.63, 3.8) is 0 Å². The van der Waals surface area contributed by atoms with Crippen molar-refractivity contribution in [1.29, 1.82) is 0 Å². The summed E-state index contributed by atoms with van der Waals surface area (Å²) in [6.07, 6.45) is 0.370. The summed E-state index contributed by atoms with van der Waals surface area (Å²) in [5, 5.41) is 3.53. The number of nitrogens with one attached hydrogen (secondary N) is 1. The second-order valence-corrected chi connectivity index (χ2v) is 6.25. The highest BCUT2D eigenvalue weighted by Gasteiger charge is 2.24. The van der Waals surface area contributed by atoms with E-state index in [4.69, 9.17) is 11.6 Å². The number of hydrogen-bond acceptors (Lipinski definition) is 2. The average molecular weight is 325 g/mol. The normalized spacial score (nSPS) is 12.1.